The van der Waals surface area contributed by atoms with Crippen molar-refractivity contribution in [1.82, 2.24) is 9.88 Å². The minimum atomic E-state index is -0.363. The number of anilines is 1. The summed E-state index contributed by atoms with van der Waals surface area (Å²) < 4.78 is 14.2. The number of hydrogen-bond donors (Lipinski definition) is 1. The molecule has 2 saturated heterocycles. The van der Waals surface area contributed by atoms with Gasteiger partial charge in [0.05, 0.1) is 6.61 Å². The Hall–Kier alpha value is -1.20. The molecule has 2 aliphatic heterocycles. The monoisotopic (exact) mass is 293 g/mol. The Bertz CT molecular complexity index is 469. The highest BCUT2D eigenvalue weighted by Gasteiger charge is 2.25. The van der Waals surface area contributed by atoms with Crippen LogP contribution in [0.3, 0.4) is 0 Å². The largest absolute Gasteiger partial charge is 0.392 e. The maximum Gasteiger partial charge on any atom is 0.171 e. The fraction of sp³-hybridized carbons (Fsp3) is 0.688. The molecule has 0 spiro atoms. The highest BCUT2D eigenvalue weighted by Crippen LogP contribution is 2.26. The molecular formula is C16H24FN3O. The third kappa shape index (κ3) is 3.35. The van der Waals surface area contributed by atoms with Gasteiger partial charge in [-0.15, -0.1) is 0 Å². The Labute approximate surface area is 125 Å². The number of pyridine rings is 1. The summed E-state index contributed by atoms with van der Waals surface area (Å²) in [6, 6.07) is 1.54. The Morgan fingerprint density at radius 1 is 1.19 bits per heavy atom. The van der Waals surface area contributed by atoms with Crippen molar-refractivity contribution in [3.63, 3.8) is 0 Å². The lowest BCUT2D eigenvalue weighted by Gasteiger charge is -2.34. The maximum atomic E-state index is 14.2. The second-order valence-electron chi connectivity index (χ2n) is 6.20. The lowest BCUT2D eigenvalue weighted by Crippen LogP contribution is -2.39. The van der Waals surface area contributed by atoms with Gasteiger partial charge < -0.3 is 14.9 Å². The molecular weight excluding hydrogens is 269 g/mol. The van der Waals surface area contributed by atoms with Crippen molar-refractivity contribution < 1.29 is 9.50 Å². The van der Waals surface area contributed by atoms with E-state index in [1.807, 2.05) is 4.90 Å². The zero-order valence-electron chi connectivity index (χ0n) is 12.5. The van der Waals surface area contributed by atoms with Gasteiger partial charge in [0.15, 0.2) is 11.6 Å². The number of halogens is 1. The molecule has 21 heavy (non-hydrogen) atoms. The van der Waals surface area contributed by atoms with E-state index in [4.69, 9.17) is 5.11 Å². The highest BCUT2D eigenvalue weighted by molar-refractivity contribution is 5.43. The van der Waals surface area contributed by atoms with Crippen LogP contribution in [0.4, 0.5) is 10.2 Å². The van der Waals surface area contributed by atoms with E-state index in [-0.39, 0.29) is 12.4 Å². The number of likely N-dealkylation sites (tertiary alicyclic amines) is 1. The molecule has 0 aliphatic carbocycles. The van der Waals surface area contributed by atoms with Gasteiger partial charge in [0.2, 0.25) is 0 Å². The lowest BCUT2D eigenvalue weighted by atomic mass is 9.96. The molecule has 1 aromatic rings. The van der Waals surface area contributed by atoms with Crippen molar-refractivity contribution in [3.8, 4) is 0 Å². The maximum absolute atomic E-state index is 14.2. The van der Waals surface area contributed by atoms with Gasteiger partial charge in [-0.2, -0.15) is 0 Å². The molecule has 5 heteroatoms. The molecule has 0 radical (unpaired) electrons. The third-order valence-corrected chi connectivity index (χ3v) is 4.75. The van der Waals surface area contributed by atoms with E-state index in [1.54, 1.807) is 12.3 Å². The fourth-order valence-electron chi connectivity index (χ4n) is 3.47. The molecule has 0 amide bonds. The average molecular weight is 293 g/mol. The van der Waals surface area contributed by atoms with E-state index in [9.17, 15) is 4.39 Å². The fourth-order valence-corrected chi connectivity index (χ4v) is 3.47. The molecule has 116 valence electrons. The van der Waals surface area contributed by atoms with Gasteiger partial charge >= 0.3 is 0 Å². The van der Waals surface area contributed by atoms with Crippen molar-refractivity contribution in [3.05, 3.63) is 23.6 Å². The molecule has 4 nitrogen and oxygen atoms in total. The molecule has 3 rings (SSSR count). The quantitative estimate of drug-likeness (QED) is 0.922. The Balaban J connectivity index is 1.58. The zero-order valence-corrected chi connectivity index (χ0v) is 12.5. The van der Waals surface area contributed by atoms with Crippen LogP contribution >= 0.6 is 0 Å². The van der Waals surface area contributed by atoms with Gasteiger partial charge in [-0.1, -0.05) is 0 Å². The van der Waals surface area contributed by atoms with Crippen molar-refractivity contribution in [2.24, 2.45) is 5.92 Å². The lowest BCUT2D eigenvalue weighted by molar-refractivity contribution is 0.248. The Morgan fingerprint density at radius 3 is 2.57 bits per heavy atom. The molecule has 2 fully saturated rings. The summed E-state index contributed by atoms with van der Waals surface area (Å²) in [5.74, 6) is 0.766. The second kappa shape index (κ2) is 6.71. The van der Waals surface area contributed by atoms with Crippen LogP contribution in [0, 0.1) is 11.7 Å². The van der Waals surface area contributed by atoms with Crippen LogP contribution < -0.4 is 4.90 Å². The summed E-state index contributed by atoms with van der Waals surface area (Å²) in [4.78, 5) is 8.75. The molecule has 0 unspecified atom stereocenters. The van der Waals surface area contributed by atoms with Gasteiger partial charge in [0.1, 0.15) is 0 Å². The van der Waals surface area contributed by atoms with Crippen LogP contribution in [-0.2, 0) is 6.61 Å². The van der Waals surface area contributed by atoms with Crippen molar-refractivity contribution in [1.29, 1.82) is 0 Å². The van der Waals surface area contributed by atoms with Crippen LogP contribution in [0.1, 0.15) is 31.2 Å². The first-order valence-electron chi connectivity index (χ1n) is 7.99. The summed E-state index contributed by atoms with van der Waals surface area (Å²) in [6.07, 6.45) is 6.45. The molecule has 0 atom stereocenters. The summed E-state index contributed by atoms with van der Waals surface area (Å²) >= 11 is 0. The summed E-state index contributed by atoms with van der Waals surface area (Å²) in [5.41, 5.74) is 0.333. The van der Waals surface area contributed by atoms with E-state index >= 15 is 0 Å². The first-order valence-corrected chi connectivity index (χ1v) is 7.99. The smallest absolute Gasteiger partial charge is 0.171 e. The normalized spacial score (nSPS) is 21.1. The summed E-state index contributed by atoms with van der Waals surface area (Å²) in [7, 11) is 0. The van der Waals surface area contributed by atoms with E-state index in [1.165, 1.54) is 32.5 Å². The van der Waals surface area contributed by atoms with Crippen LogP contribution in [-0.4, -0.2) is 47.7 Å². The van der Waals surface area contributed by atoms with Crippen molar-refractivity contribution in [2.75, 3.05) is 37.6 Å². The Kier molecular flexibility index (Phi) is 4.70. The topological polar surface area (TPSA) is 39.6 Å². The number of nitrogens with zero attached hydrogens (tertiary/aromatic N) is 3. The predicted octanol–water partition coefficient (Wildman–Crippen LogP) is 2.03. The van der Waals surface area contributed by atoms with Gasteiger partial charge in [-0.05, 0) is 50.8 Å². The first-order chi connectivity index (χ1) is 10.3. The average Bonchev–Trinajstić information content (AvgIpc) is 3.01. The number of rotatable bonds is 4. The van der Waals surface area contributed by atoms with Gasteiger partial charge in [0.25, 0.3) is 0 Å². The second-order valence-corrected chi connectivity index (χ2v) is 6.20. The molecule has 3 heterocycles. The van der Waals surface area contributed by atoms with Crippen LogP contribution in [0.2, 0.25) is 0 Å². The number of piperidine rings is 1. The van der Waals surface area contributed by atoms with E-state index in [0.29, 0.717) is 11.4 Å². The summed E-state index contributed by atoms with van der Waals surface area (Å²) in [6.45, 7) is 5.13. The molecule has 0 saturated carbocycles. The third-order valence-electron chi connectivity index (χ3n) is 4.75. The van der Waals surface area contributed by atoms with Crippen molar-refractivity contribution >= 4 is 5.82 Å². The van der Waals surface area contributed by atoms with Gasteiger partial charge in [-0.3, -0.25) is 0 Å². The Morgan fingerprint density at radius 2 is 1.90 bits per heavy atom. The van der Waals surface area contributed by atoms with Gasteiger partial charge in [0, 0.05) is 31.4 Å². The minimum Gasteiger partial charge on any atom is -0.392 e. The van der Waals surface area contributed by atoms with Gasteiger partial charge in [-0.25, -0.2) is 9.37 Å². The first kappa shape index (κ1) is 14.7. The number of aliphatic hydroxyl groups is 1. The number of hydrogen-bond acceptors (Lipinski definition) is 4. The zero-order chi connectivity index (χ0) is 14.7. The van der Waals surface area contributed by atoms with Crippen molar-refractivity contribution in [2.45, 2.75) is 32.3 Å². The standard InChI is InChI=1S/C16H24FN3O/c17-15-14(12-21)3-6-18-16(15)20-9-4-13(5-10-20)11-19-7-1-2-8-19/h3,6,13,21H,1-2,4-5,7-12H2. The molecule has 2 aliphatic rings. The number of aliphatic hydroxyl groups excluding tert-OH is 1. The van der Waals surface area contributed by atoms with E-state index in [0.717, 1.165) is 31.8 Å². The molecule has 0 aromatic carbocycles. The molecule has 0 bridgehead atoms. The van der Waals surface area contributed by atoms with Crippen LogP contribution in [0.5, 0.6) is 0 Å². The predicted molar refractivity (Wildman–Crippen MR) is 80.7 cm³/mol. The van der Waals surface area contributed by atoms with E-state index in [2.05, 4.69) is 9.88 Å². The van der Waals surface area contributed by atoms with Crippen LogP contribution in [0.15, 0.2) is 12.3 Å². The minimum absolute atomic E-state index is 0.271. The van der Waals surface area contributed by atoms with E-state index < -0.39 is 0 Å². The molecule has 1 N–H and O–H groups in total. The summed E-state index contributed by atoms with van der Waals surface area (Å²) in [5, 5.41) is 9.15. The number of aromatic nitrogens is 1. The van der Waals surface area contributed by atoms with Crippen LogP contribution in [0.25, 0.3) is 0 Å². The SMILES string of the molecule is OCc1ccnc(N2CCC(CN3CCCC3)CC2)c1F. The molecule has 1 aromatic heterocycles. The highest BCUT2D eigenvalue weighted by atomic mass is 19.1.